The Morgan fingerprint density at radius 3 is 2.86 bits per heavy atom. The highest BCUT2D eigenvalue weighted by atomic mass is 16.6. The number of fused-ring (bicyclic) bond motifs is 1. The molecule has 1 aliphatic heterocycles. The number of methoxy groups -OCH3 is 1. The number of hydrogen-bond acceptors (Lipinski definition) is 5. The Morgan fingerprint density at radius 2 is 2.18 bits per heavy atom. The molecule has 1 aliphatic carbocycles. The van der Waals surface area contributed by atoms with Crippen molar-refractivity contribution in [2.24, 2.45) is 5.92 Å². The minimum atomic E-state index is -1.13. The van der Waals surface area contributed by atoms with Crippen LogP contribution in [-0.2, 0) is 10.3 Å². The highest BCUT2D eigenvalue weighted by molar-refractivity contribution is 5.55. The average molecular weight is 307 g/mol. The van der Waals surface area contributed by atoms with Crippen molar-refractivity contribution in [3.05, 3.63) is 23.3 Å². The summed E-state index contributed by atoms with van der Waals surface area (Å²) in [5.74, 6) is 1.28. The van der Waals surface area contributed by atoms with E-state index >= 15 is 0 Å². The molecule has 2 atom stereocenters. The molecule has 3 rings (SSSR count). The maximum Gasteiger partial charge on any atom is 0.168 e. The molecule has 1 saturated carbocycles. The lowest BCUT2D eigenvalue weighted by molar-refractivity contribution is -0.0741. The number of aryl methyl sites for hydroxylation is 1. The lowest BCUT2D eigenvalue weighted by atomic mass is 9.84. The van der Waals surface area contributed by atoms with E-state index in [4.69, 9.17) is 9.47 Å². The predicted octanol–water partition coefficient (Wildman–Crippen LogP) is 1.69. The van der Waals surface area contributed by atoms with Gasteiger partial charge in [-0.05, 0) is 56.8 Å². The fraction of sp³-hybridized carbons (Fsp3) is 0.647. The summed E-state index contributed by atoms with van der Waals surface area (Å²) in [7, 11) is 1.59. The molecule has 5 nitrogen and oxygen atoms in total. The van der Waals surface area contributed by atoms with E-state index in [0.717, 1.165) is 18.0 Å². The van der Waals surface area contributed by atoms with Crippen molar-refractivity contribution in [3.63, 3.8) is 0 Å². The summed E-state index contributed by atoms with van der Waals surface area (Å²) in [6.45, 7) is 3.94. The topological polar surface area (TPSA) is 71.0 Å². The number of phenols is 1. The Hall–Kier alpha value is -1.30. The summed E-state index contributed by atoms with van der Waals surface area (Å²) in [5, 5.41) is 24.7. The molecule has 0 amide bonds. The third-order valence-electron chi connectivity index (χ3n) is 4.70. The molecule has 0 bridgehead atoms. The van der Waals surface area contributed by atoms with Crippen molar-refractivity contribution in [3.8, 4) is 11.5 Å². The van der Waals surface area contributed by atoms with Crippen LogP contribution in [0, 0.1) is 12.8 Å². The summed E-state index contributed by atoms with van der Waals surface area (Å²) in [4.78, 5) is 0. The highest BCUT2D eigenvalue weighted by Crippen LogP contribution is 2.49. The highest BCUT2D eigenvalue weighted by Gasteiger charge is 2.49. The van der Waals surface area contributed by atoms with Crippen molar-refractivity contribution in [2.75, 3.05) is 26.8 Å². The van der Waals surface area contributed by atoms with Gasteiger partial charge in [0, 0.05) is 12.7 Å². The molecule has 1 heterocycles. The Balaban J connectivity index is 1.80. The third kappa shape index (κ3) is 2.81. The number of aliphatic hydroxyl groups is 1. The zero-order valence-electron chi connectivity index (χ0n) is 13.3. The van der Waals surface area contributed by atoms with Gasteiger partial charge in [-0.2, -0.15) is 0 Å². The molecule has 0 saturated heterocycles. The minimum Gasteiger partial charge on any atom is -0.504 e. The summed E-state index contributed by atoms with van der Waals surface area (Å²) in [5.41, 5.74) is 0.490. The summed E-state index contributed by atoms with van der Waals surface area (Å²) < 4.78 is 11.0. The smallest absolute Gasteiger partial charge is 0.168 e. The van der Waals surface area contributed by atoms with Crippen molar-refractivity contribution >= 4 is 0 Å². The van der Waals surface area contributed by atoms with Crippen LogP contribution in [0.1, 0.15) is 30.4 Å². The third-order valence-corrected chi connectivity index (χ3v) is 4.70. The molecule has 22 heavy (non-hydrogen) atoms. The average Bonchev–Trinajstić information content (AvgIpc) is 3.26. The fourth-order valence-electron chi connectivity index (χ4n) is 3.24. The first-order chi connectivity index (χ1) is 10.6. The molecule has 122 valence electrons. The Morgan fingerprint density at radius 1 is 1.41 bits per heavy atom. The second kappa shape index (κ2) is 6.07. The van der Waals surface area contributed by atoms with Crippen molar-refractivity contribution < 1.29 is 19.7 Å². The van der Waals surface area contributed by atoms with Gasteiger partial charge in [-0.25, -0.2) is 0 Å². The summed E-state index contributed by atoms with van der Waals surface area (Å²) in [6, 6.07) is 3.42. The van der Waals surface area contributed by atoms with Gasteiger partial charge < -0.3 is 25.0 Å². The van der Waals surface area contributed by atoms with Crippen LogP contribution in [0.3, 0.4) is 0 Å². The standard InChI is InChI=1S/C17H25NO4/c1-11-3-6-13(19)16-15(11)17(20,14(22-16)10-21-2)7-8-18-9-12-4-5-12/h3,6,12,14,18-20H,4-5,7-10H2,1-2H3/t14-,17+/m0/s1. The quantitative estimate of drug-likeness (QED) is 0.669. The molecule has 0 spiro atoms. The Kier molecular flexibility index (Phi) is 4.30. The van der Waals surface area contributed by atoms with E-state index in [1.807, 2.05) is 13.0 Å². The molecule has 1 aromatic carbocycles. The van der Waals surface area contributed by atoms with Gasteiger partial charge in [-0.1, -0.05) is 6.07 Å². The number of rotatable bonds is 7. The van der Waals surface area contributed by atoms with E-state index in [2.05, 4.69) is 5.32 Å². The van der Waals surface area contributed by atoms with Crippen LogP contribution >= 0.6 is 0 Å². The van der Waals surface area contributed by atoms with Gasteiger partial charge in [0.05, 0.1) is 6.61 Å². The normalized spacial score (nSPS) is 26.8. The molecular weight excluding hydrogens is 282 g/mol. The lowest BCUT2D eigenvalue weighted by Gasteiger charge is -2.29. The lowest BCUT2D eigenvalue weighted by Crippen LogP contribution is -2.43. The van der Waals surface area contributed by atoms with E-state index in [9.17, 15) is 10.2 Å². The number of phenolic OH excluding ortho intramolecular Hbond substituents is 1. The van der Waals surface area contributed by atoms with Crippen LogP contribution in [0.25, 0.3) is 0 Å². The number of hydrogen-bond donors (Lipinski definition) is 3. The number of aromatic hydroxyl groups is 1. The molecule has 1 fully saturated rings. The van der Waals surface area contributed by atoms with E-state index in [-0.39, 0.29) is 12.4 Å². The largest absolute Gasteiger partial charge is 0.504 e. The molecule has 0 radical (unpaired) electrons. The zero-order chi connectivity index (χ0) is 15.7. The number of nitrogens with one attached hydrogen (secondary N) is 1. The monoisotopic (exact) mass is 307 g/mol. The SMILES string of the molecule is COC[C@@H]1Oc2c(O)ccc(C)c2[C@@]1(O)CCNCC1CC1. The van der Waals surface area contributed by atoms with E-state index in [0.29, 0.717) is 24.3 Å². The molecule has 3 N–H and O–H groups in total. The van der Waals surface area contributed by atoms with Gasteiger partial charge in [0.15, 0.2) is 17.6 Å². The van der Waals surface area contributed by atoms with Gasteiger partial charge in [-0.15, -0.1) is 0 Å². The molecule has 2 aliphatic rings. The van der Waals surface area contributed by atoms with Crippen molar-refractivity contribution in [1.29, 1.82) is 0 Å². The summed E-state index contributed by atoms with van der Waals surface area (Å²) >= 11 is 0. The molecule has 1 aromatic rings. The second-order valence-corrected chi connectivity index (χ2v) is 6.49. The van der Waals surface area contributed by atoms with Crippen LogP contribution in [0.4, 0.5) is 0 Å². The van der Waals surface area contributed by atoms with Crippen LogP contribution in [0.15, 0.2) is 12.1 Å². The van der Waals surface area contributed by atoms with Crippen LogP contribution in [-0.4, -0.2) is 43.1 Å². The molecular formula is C17H25NO4. The second-order valence-electron chi connectivity index (χ2n) is 6.49. The molecule has 0 unspecified atom stereocenters. The first-order valence-corrected chi connectivity index (χ1v) is 7.98. The Bertz CT molecular complexity index is 544. The van der Waals surface area contributed by atoms with Crippen molar-refractivity contribution in [2.45, 2.75) is 37.9 Å². The van der Waals surface area contributed by atoms with Crippen LogP contribution in [0.2, 0.25) is 0 Å². The van der Waals surface area contributed by atoms with Crippen LogP contribution < -0.4 is 10.1 Å². The van der Waals surface area contributed by atoms with E-state index < -0.39 is 11.7 Å². The van der Waals surface area contributed by atoms with Crippen molar-refractivity contribution in [1.82, 2.24) is 5.32 Å². The number of ether oxygens (including phenoxy) is 2. The fourth-order valence-corrected chi connectivity index (χ4v) is 3.24. The number of benzene rings is 1. The van der Waals surface area contributed by atoms with Gasteiger partial charge in [-0.3, -0.25) is 0 Å². The van der Waals surface area contributed by atoms with Gasteiger partial charge in [0.2, 0.25) is 0 Å². The van der Waals surface area contributed by atoms with Gasteiger partial charge in [0.1, 0.15) is 5.60 Å². The van der Waals surface area contributed by atoms with Crippen LogP contribution in [0.5, 0.6) is 11.5 Å². The maximum absolute atomic E-state index is 11.3. The first-order valence-electron chi connectivity index (χ1n) is 7.98. The maximum atomic E-state index is 11.3. The first kappa shape index (κ1) is 15.6. The van der Waals surface area contributed by atoms with E-state index in [1.54, 1.807) is 13.2 Å². The zero-order valence-corrected chi connectivity index (χ0v) is 13.3. The predicted molar refractivity (Wildman–Crippen MR) is 83.2 cm³/mol. The van der Waals surface area contributed by atoms with E-state index in [1.165, 1.54) is 12.8 Å². The van der Waals surface area contributed by atoms with Gasteiger partial charge in [0.25, 0.3) is 0 Å². The minimum absolute atomic E-state index is 0.0727. The molecule has 0 aromatic heterocycles. The summed E-state index contributed by atoms with van der Waals surface area (Å²) in [6.07, 6.45) is 2.65. The molecule has 5 heteroatoms. The Labute approximate surface area is 131 Å². The van der Waals surface area contributed by atoms with Gasteiger partial charge >= 0.3 is 0 Å².